The summed E-state index contributed by atoms with van der Waals surface area (Å²) in [6.07, 6.45) is 0. The van der Waals surface area contributed by atoms with Crippen LogP contribution in [0.2, 0.25) is 0 Å². The number of benzene rings is 2. The highest BCUT2D eigenvalue weighted by Crippen LogP contribution is 2.20. The second-order valence-corrected chi connectivity index (χ2v) is 5.34. The summed E-state index contributed by atoms with van der Waals surface area (Å²) in [6.45, 7) is 2.87. The molecule has 0 aliphatic carbocycles. The molecule has 3 aromatic rings. The quantitative estimate of drug-likeness (QED) is 0.725. The minimum Gasteiger partial charge on any atom is -0.292 e. The van der Waals surface area contributed by atoms with Crippen LogP contribution in [0.1, 0.15) is 24.4 Å². The molecule has 1 unspecified atom stereocenters. The van der Waals surface area contributed by atoms with Crippen LogP contribution in [-0.2, 0) is 6.54 Å². The maximum absolute atomic E-state index is 4.17. The molecule has 2 aromatic carbocycles. The normalized spacial score (nSPS) is 12.5. The zero-order valence-corrected chi connectivity index (χ0v) is 12.8. The first-order valence-corrected chi connectivity index (χ1v) is 7.33. The molecule has 5 heteroatoms. The molecule has 0 aliphatic heterocycles. The molecular weight excluding hydrogens is 274 g/mol. The molecule has 0 radical (unpaired) electrons. The van der Waals surface area contributed by atoms with Gasteiger partial charge in [-0.3, -0.25) is 4.90 Å². The monoisotopic (exact) mass is 293 g/mol. The first-order valence-electron chi connectivity index (χ1n) is 7.33. The smallest absolute Gasteiger partial charge is 0.170 e. The molecule has 0 N–H and O–H groups in total. The van der Waals surface area contributed by atoms with Crippen molar-refractivity contribution in [1.82, 2.24) is 25.1 Å². The molecule has 3 rings (SSSR count). The summed E-state index contributed by atoms with van der Waals surface area (Å²) in [6, 6.07) is 20.7. The number of rotatable bonds is 5. The summed E-state index contributed by atoms with van der Waals surface area (Å²) in [4.78, 5) is 2.24. The Balaban J connectivity index is 1.78. The fourth-order valence-corrected chi connectivity index (χ4v) is 2.42. The van der Waals surface area contributed by atoms with Gasteiger partial charge in [0.25, 0.3) is 0 Å². The average Bonchev–Trinajstić information content (AvgIpc) is 3.04. The van der Waals surface area contributed by atoms with Gasteiger partial charge in [0.15, 0.2) is 5.82 Å². The molecule has 5 nitrogen and oxygen atoms in total. The van der Waals surface area contributed by atoms with Crippen molar-refractivity contribution in [2.45, 2.75) is 19.5 Å². The van der Waals surface area contributed by atoms with Crippen molar-refractivity contribution in [3.8, 4) is 5.69 Å². The van der Waals surface area contributed by atoms with Crippen molar-refractivity contribution in [2.24, 2.45) is 0 Å². The largest absolute Gasteiger partial charge is 0.292 e. The summed E-state index contributed by atoms with van der Waals surface area (Å²) < 4.78 is 1.79. The topological polar surface area (TPSA) is 46.8 Å². The van der Waals surface area contributed by atoms with E-state index in [9.17, 15) is 0 Å². The minimum absolute atomic E-state index is 0.294. The second-order valence-electron chi connectivity index (χ2n) is 5.34. The van der Waals surface area contributed by atoms with E-state index in [-0.39, 0.29) is 0 Å². The van der Waals surface area contributed by atoms with E-state index >= 15 is 0 Å². The van der Waals surface area contributed by atoms with Crippen molar-refractivity contribution < 1.29 is 0 Å². The first kappa shape index (κ1) is 14.4. The van der Waals surface area contributed by atoms with Crippen molar-refractivity contribution in [3.63, 3.8) is 0 Å². The van der Waals surface area contributed by atoms with E-state index in [0.717, 1.165) is 11.5 Å². The molecule has 1 atom stereocenters. The number of para-hydroxylation sites is 1. The van der Waals surface area contributed by atoms with Gasteiger partial charge in [-0.2, -0.15) is 4.68 Å². The average molecular weight is 293 g/mol. The molecule has 112 valence electrons. The standard InChI is InChI=1S/C17H19N5/c1-14(15-9-5-3-6-10-15)21(2)13-17-18-19-20-22(17)16-11-7-4-8-12-16/h3-12,14H,13H2,1-2H3. The van der Waals surface area contributed by atoms with Gasteiger partial charge in [-0.25, -0.2) is 0 Å². The predicted octanol–water partition coefficient (Wildman–Crippen LogP) is 2.86. The summed E-state index contributed by atoms with van der Waals surface area (Å²) in [5.74, 6) is 0.830. The molecule has 0 bridgehead atoms. The summed E-state index contributed by atoms with van der Waals surface area (Å²) >= 11 is 0. The summed E-state index contributed by atoms with van der Waals surface area (Å²) in [7, 11) is 2.08. The van der Waals surface area contributed by atoms with Crippen LogP contribution < -0.4 is 0 Å². The molecule has 0 saturated heterocycles. The summed E-state index contributed by atoms with van der Waals surface area (Å²) in [5, 5.41) is 12.1. The number of hydrogen-bond acceptors (Lipinski definition) is 4. The van der Waals surface area contributed by atoms with Gasteiger partial charge in [-0.1, -0.05) is 48.5 Å². The molecule has 0 saturated carbocycles. The summed E-state index contributed by atoms with van der Waals surface area (Å²) in [5.41, 5.74) is 2.26. The lowest BCUT2D eigenvalue weighted by Gasteiger charge is -2.24. The molecule has 1 heterocycles. The van der Waals surface area contributed by atoms with Gasteiger partial charge >= 0.3 is 0 Å². The fourth-order valence-electron chi connectivity index (χ4n) is 2.42. The molecule has 0 aliphatic rings. The van der Waals surface area contributed by atoms with Crippen LogP contribution in [0.15, 0.2) is 60.7 Å². The van der Waals surface area contributed by atoms with Crippen molar-refractivity contribution in [1.29, 1.82) is 0 Å². The Morgan fingerprint density at radius 1 is 1.00 bits per heavy atom. The number of tetrazole rings is 1. The van der Waals surface area contributed by atoms with Gasteiger partial charge in [-0.15, -0.1) is 5.10 Å². The third kappa shape index (κ3) is 3.04. The third-order valence-electron chi connectivity index (χ3n) is 3.87. The highest BCUT2D eigenvalue weighted by atomic mass is 15.5. The van der Waals surface area contributed by atoms with Gasteiger partial charge in [-0.05, 0) is 42.1 Å². The van der Waals surface area contributed by atoms with E-state index in [1.807, 2.05) is 36.4 Å². The number of hydrogen-bond donors (Lipinski definition) is 0. The van der Waals surface area contributed by atoms with E-state index < -0.39 is 0 Å². The van der Waals surface area contributed by atoms with Crippen LogP contribution in [0.25, 0.3) is 5.69 Å². The van der Waals surface area contributed by atoms with Gasteiger partial charge < -0.3 is 0 Å². The Hall–Kier alpha value is -2.53. The van der Waals surface area contributed by atoms with Crippen LogP contribution in [-0.4, -0.2) is 32.2 Å². The zero-order valence-electron chi connectivity index (χ0n) is 12.8. The van der Waals surface area contributed by atoms with Crippen LogP contribution in [0, 0.1) is 0 Å². The van der Waals surface area contributed by atoms with Gasteiger partial charge in [0.05, 0.1) is 12.2 Å². The Labute approximate surface area is 130 Å². The Kier molecular flexibility index (Phi) is 4.25. The van der Waals surface area contributed by atoms with Crippen LogP contribution >= 0.6 is 0 Å². The lowest BCUT2D eigenvalue weighted by atomic mass is 10.1. The Bertz CT molecular complexity index is 708. The van der Waals surface area contributed by atoms with E-state index in [1.165, 1.54) is 5.56 Å². The Morgan fingerprint density at radius 2 is 1.64 bits per heavy atom. The number of nitrogens with zero attached hydrogens (tertiary/aromatic N) is 5. The van der Waals surface area contributed by atoms with Crippen LogP contribution in [0.5, 0.6) is 0 Å². The van der Waals surface area contributed by atoms with Crippen LogP contribution in [0.3, 0.4) is 0 Å². The Morgan fingerprint density at radius 3 is 2.32 bits per heavy atom. The van der Waals surface area contributed by atoms with Crippen molar-refractivity contribution >= 4 is 0 Å². The van der Waals surface area contributed by atoms with Crippen molar-refractivity contribution in [3.05, 3.63) is 72.1 Å². The van der Waals surface area contributed by atoms with Gasteiger partial charge in [0.2, 0.25) is 0 Å². The molecular formula is C17H19N5. The maximum Gasteiger partial charge on any atom is 0.170 e. The number of aromatic nitrogens is 4. The third-order valence-corrected chi connectivity index (χ3v) is 3.87. The maximum atomic E-state index is 4.17. The highest BCUT2D eigenvalue weighted by molar-refractivity contribution is 5.30. The molecule has 1 aromatic heterocycles. The first-order chi connectivity index (χ1) is 10.8. The van der Waals surface area contributed by atoms with Crippen LogP contribution in [0.4, 0.5) is 0 Å². The molecule has 0 amide bonds. The van der Waals surface area contributed by atoms with Crippen molar-refractivity contribution in [2.75, 3.05) is 7.05 Å². The molecule has 0 spiro atoms. The SMILES string of the molecule is CC(c1ccccc1)N(C)Cc1nnnn1-c1ccccc1. The predicted molar refractivity (Wildman–Crippen MR) is 85.5 cm³/mol. The van der Waals surface area contributed by atoms with Gasteiger partial charge in [0, 0.05) is 6.04 Å². The van der Waals surface area contributed by atoms with Gasteiger partial charge in [0.1, 0.15) is 0 Å². The lowest BCUT2D eigenvalue weighted by Crippen LogP contribution is -2.24. The molecule has 22 heavy (non-hydrogen) atoms. The lowest BCUT2D eigenvalue weighted by molar-refractivity contribution is 0.245. The fraction of sp³-hybridized carbons (Fsp3) is 0.235. The highest BCUT2D eigenvalue weighted by Gasteiger charge is 2.16. The van der Waals surface area contributed by atoms with E-state index in [4.69, 9.17) is 0 Å². The van der Waals surface area contributed by atoms with E-state index in [2.05, 4.69) is 58.7 Å². The van der Waals surface area contributed by atoms with E-state index in [1.54, 1.807) is 4.68 Å². The molecule has 0 fully saturated rings. The van der Waals surface area contributed by atoms with E-state index in [0.29, 0.717) is 12.6 Å². The second kappa shape index (κ2) is 6.49. The zero-order chi connectivity index (χ0) is 15.4. The minimum atomic E-state index is 0.294.